The minimum atomic E-state index is -0.917. The van der Waals surface area contributed by atoms with E-state index in [1.807, 2.05) is 0 Å². The van der Waals surface area contributed by atoms with E-state index in [0.29, 0.717) is 22.8 Å². The van der Waals surface area contributed by atoms with Crippen LogP contribution in [0.1, 0.15) is 33.3 Å². The minimum absolute atomic E-state index is 0.0312. The summed E-state index contributed by atoms with van der Waals surface area (Å²) in [6.45, 7) is 6.95. The molecule has 1 radical (unpaired) electrons. The molecular weight excluding hydrogens is 300 g/mol. The Labute approximate surface area is 136 Å². The molecule has 0 fully saturated rings. The van der Waals surface area contributed by atoms with E-state index in [9.17, 15) is 10.4 Å². The van der Waals surface area contributed by atoms with Crippen LogP contribution in [0.3, 0.4) is 0 Å². The Kier molecular flexibility index (Phi) is 4.11. The second kappa shape index (κ2) is 5.49. The summed E-state index contributed by atoms with van der Waals surface area (Å²) >= 11 is 0. The first-order valence-corrected chi connectivity index (χ1v) is 7.25. The highest BCUT2D eigenvalue weighted by atomic mass is 16.5. The van der Waals surface area contributed by atoms with Crippen LogP contribution in [0.15, 0.2) is 12.1 Å². The van der Waals surface area contributed by atoms with Gasteiger partial charge in [-0.15, -0.1) is 0 Å². The lowest BCUT2D eigenvalue weighted by molar-refractivity contribution is -0.539. The number of nitrogens with zero attached hydrogens (tertiary/aromatic N) is 2. The van der Waals surface area contributed by atoms with Crippen LogP contribution < -0.4 is 14.2 Å². The predicted octanol–water partition coefficient (Wildman–Crippen LogP) is 2.19. The molecule has 0 saturated carbocycles. The van der Waals surface area contributed by atoms with Crippen LogP contribution >= 0.6 is 0 Å². The topological polar surface area (TPSA) is 76.9 Å². The third kappa shape index (κ3) is 2.26. The van der Waals surface area contributed by atoms with Crippen LogP contribution in [0.2, 0.25) is 0 Å². The largest absolute Gasteiger partial charge is 0.714 e. The second-order valence-corrected chi connectivity index (χ2v) is 6.44. The normalized spacial score (nSPS) is 19.0. The number of benzene rings is 1. The van der Waals surface area contributed by atoms with Crippen molar-refractivity contribution in [3.8, 4) is 17.2 Å². The zero-order chi connectivity index (χ0) is 17.6. The average molecular weight is 323 g/mol. The molecule has 0 N–H and O–H groups in total. The van der Waals surface area contributed by atoms with Crippen molar-refractivity contribution >= 4 is 5.84 Å². The summed E-state index contributed by atoms with van der Waals surface area (Å²) in [4.78, 5) is 0. The molecule has 0 unspecified atom stereocenters. The van der Waals surface area contributed by atoms with Gasteiger partial charge in [0.15, 0.2) is 11.1 Å². The molecule has 0 aromatic heterocycles. The molecule has 23 heavy (non-hydrogen) atoms. The fraction of sp³-hybridized carbons (Fsp3) is 0.562. The fourth-order valence-electron chi connectivity index (χ4n) is 2.54. The molecule has 0 saturated heterocycles. The van der Waals surface area contributed by atoms with Crippen LogP contribution in [-0.2, 0) is 5.21 Å². The van der Waals surface area contributed by atoms with E-state index >= 15 is 0 Å². The molecule has 0 atom stereocenters. The summed E-state index contributed by atoms with van der Waals surface area (Å²) in [7, 11) is 4.45. The summed E-state index contributed by atoms with van der Waals surface area (Å²) < 4.78 is 16.7. The Balaban J connectivity index is 2.78. The third-order valence-electron chi connectivity index (χ3n) is 4.84. The molecule has 7 nitrogen and oxygen atoms in total. The first kappa shape index (κ1) is 17.2. The second-order valence-electron chi connectivity index (χ2n) is 6.44. The fourth-order valence-corrected chi connectivity index (χ4v) is 2.54. The van der Waals surface area contributed by atoms with Crippen molar-refractivity contribution in [3.63, 3.8) is 0 Å². The van der Waals surface area contributed by atoms with E-state index in [1.54, 1.807) is 39.8 Å². The van der Waals surface area contributed by atoms with Crippen LogP contribution in [0, 0.1) is 5.21 Å². The molecular formula is C16H23N2O5. The quantitative estimate of drug-likeness (QED) is 0.627. The minimum Gasteiger partial charge on any atom is -0.714 e. The van der Waals surface area contributed by atoms with Gasteiger partial charge in [0, 0.05) is 17.3 Å². The summed E-state index contributed by atoms with van der Waals surface area (Å²) in [6.07, 6.45) is 0. The van der Waals surface area contributed by atoms with Gasteiger partial charge in [-0.05, 0) is 27.7 Å². The standard InChI is InChI=1S/C16H23N2O5/c1-15(2)16(3,4)18(20)14(17(15)19)13-11(22-6)8-10(21-5)9-12(13)23-7/h8-9H,1-7H3. The van der Waals surface area contributed by atoms with Crippen molar-refractivity contribution in [2.45, 2.75) is 38.8 Å². The summed E-state index contributed by atoms with van der Waals surface area (Å²) in [5.74, 6) is 1.16. The number of hydrogen-bond acceptors (Lipinski definition) is 5. The Morgan fingerprint density at radius 2 is 1.48 bits per heavy atom. The molecule has 1 aliphatic heterocycles. The van der Waals surface area contributed by atoms with Crippen LogP contribution in [0.4, 0.5) is 0 Å². The number of hydrogen-bond donors (Lipinski definition) is 0. The number of rotatable bonds is 4. The van der Waals surface area contributed by atoms with Crippen molar-refractivity contribution < 1.29 is 24.2 Å². The van der Waals surface area contributed by atoms with Gasteiger partial charge in [-0.3, -0.25) is 4.74 Å². The van der Waals surface area contributed by atoms with E-state index < -0.39 is 11.1 Å². The molecule has 1 aliphatic rings. The average Bonchev–Trinajstić information content (AvgIpc) is 2.64. The molecule has 0 bridgehead atoms. The maximum Gasteiger partial charge on any atom is 0.324 e. The Bertz CT molecular complexity index is 627. The van der Waals surface area contributed by atoms with Gasteiger partial charge < -0.3 is 19.4 Å². The number of ether oxygens (including phenoxy) is 3. The summed E-state index contributed by atoms with van der Waals surface area (Å²) in [5, 5.41) is 26.4. The SMILES string of the molecule is COc1cc(OC)c(C2=[N+]([O-])C(C)(C)C(C)(C)N2[O])c(OC)c1. The van der Waals surface area contributed by atoms with Crippen LogP contribution in [-0.4, -0.2) is 48.0 Å². The number of amidine groups is 1. The third-order valence-corrected chi connectivity index (χ3v) is 4.84. The predicted molar refractivity (Wildman–Crippen MR) is 84.5 cm³/mol. The molecule has 0 amide bonds. The molecule has 1 aromatic rings. The molecule has 1 aromatic carbocycles. The van der Waals surface area contributed by atoms with Gasteiger partial charge >= 0.3 is 5.84 Å². The number of methoxy groups -OCH3 is 3. The summed E-state index contributed by atoms with van der Waals surface area (Å²) in [5.41, 5.74) is -1.51. The van der Waals surface area contributed by atoms with E-state index in [4.69, 9.17) is 14.2 Å². The van der Waals surface area contributed by atoms with Crippen molar-refractivity contribution in [3.05, 3.63) is 22.9 Å². The zero-order valence-corrected chi connectivity index (χ0v) is 14.6. The van der Waals surface area contributed by atoms with Crippen molar-refractivity contribution in [2.75, 3.05) is 21.3 Å². The number of hydroxylamine groups is 3. The van der Waals surface area contributed by atoms with Gasteiger partial charge in [0.05, 0.1) is 21.3 Å². The molecule has 127 valence electrons. The van der Waals surface area contributed by atoms with Crippen LogP contribution in [0.25, 0.3) is 0 Å². The lowest BCUT2D eigenvalue weighted by Crippen LogP contribution is -2.53. The van der Waals surface area contributed by atoms with Crippen LogP contribution in [0.5, 0.6) is 17.2 Å². The maximum absolute atomic E-state index is 12.8. The highest BCUT2D eigenvalue weighted by Gasteiger charge is 2.61. The van der Waals surface area contributed by atoms with E-state index in [0.717, 1.165) is 9.80 Å². The van der Waals surface area contributed by atoms with E-state index in [-0.39, 0.29) is 5.84 Å². The van der Waals surface area contributed by atoms with Gasteiger partial charge in [-0.25, -0.2) is 0 Å². The molecule has 7 heteroatoms. The lowest BCUT2D eigenvalue weighted by atomic mass is 9.84. The van der Waals surface area contributed by atoms with E-state index in [2.05, 4.69) is 0 Å². The smallest absolute Gasteiger partial charge is 0.324 e. The van der Waals surface area contributed by atoms with E-state index in [1.165, 1.54) is 21.3 Å². The molecule has 0 aliphatic carbocycles. The monoisotopic (exact) mass is 323 g/mol. The van der Waals surface area contributed by atoms with Gasteiger partial charge in [0.1, 0.15) is 22.8 Å². The van der Waals surface area contributed by atoms with Gasteiger partial charge in [-0.1, -0.05) is 5.06 Å². The van der Waals surface area contributed by atoms with Gasteiger partial charge in [-0.2, -0.15) is 0 Å². The van der Waals surface area contributed by atoms with Crippen molar-refractivity contribution in [2.24, 2.45) is 0 Å². The van der Waals surface area contributed by atoms with Gasteiger partial charge in [0.2, 0.25) is 0 Å². The molecule has 1 heterocycles. The first-order valence-electron chi connectivity index (χ1n) is 7.25. The highest BCUT2D eigenvalue weighted by Crippen LogP contribution is 2.42. The first-order chi connectivity index (χ1) is 10.6. The zero-order valence-electron chi connectivity index (χ0n) is 14.6. The Morgan fingerprint density at radius 1 is 1.00 bits per heavy atom. The Hall–Kier alpha value is -2.15. The van der Waals surface area contributed by atoms with Crippen molar-refractivity contribution in [1.82, 2.24) is 5.06 Å². The van der Waals surface area contributed by atoms with Gasteiger partial charge in [0.25, 0.3) is 0 Å². The lowest BCUT2D eigenvalue weighted by Gasteiger charge is -2.32. The molecule has 2 rings (SSSR count). The Morgan fingerprint density at radius 3 is 1.78 bits per heavy atom. The van der Waals surface area contributed by atoms with Crippen molar-refractivity contribution in [1.29, 1.82) is 0 Å². The molecule has 0 spiro atoms. The highest BCUT2D eigenvalue weighted by molar-refractivity contribution is 6.01. The summed E-state index contributed by atoms with van der Waals surface area (Å²) in [6, 6.07) is 3.23. The maximum atomic E-state index is 12.8.